The number of carbonyl (C=O) groups excluding carboxylic acids is 1. The van der Waals surface area contributed by atoms with E-state index in [0.717, 1.165) is 0 Å². The molecule has 0 aliphatic heterocycles. The van der Waals surface area contributed by atoms with Crippen LogP contribution in [0.2, 0.25) is 18.1 Å². The SMILES string of the molecule is C=CCCOc1c(O[Si](C)(C)C(C)(C)C)cccc1C(=O)OC. The first-order valence-electron chi connectivity index (χ1n) is 7.78. The molecule has 0 saturated heterocycles. The second-order valence-corrected chi connectivity index (χ2v) is 11.6. The van der Waals surface area contributed by atoms with E-state index in [1.165, 1.54) is 7.11 Å². The highest BCUT2D eigenvalue weighted by Crippen LogP contribution is 2.41. The van der Waals surface area contributed by atoms with Gasteiger partial charge in [-0.05, 0) is 36.7 Å². The third kappa shape index (κ3) is 4.86. The van der Waals surface area contributed by atoms with Gasteiger partial charge in [0.2, 0.25) is 0 Å². The standard InChI is InChI=1S/C18H28O4Si/c1-8-9-13-21-16-14(17(19)20-5)11-10-12-15(16)22-23(6,7)18(2,3)4/h8,10-12H,1,9,13H2,2-7H3. The molecule has 0 spiro atoms. The van der Waals surface area contributed by atoms with E-state index in [-0.39, 0.29) is 5.04 Å². The lowest BCUT2D eigenvalue weighted by Gasteiger charge is -2.37. The average Bonchev–Trinajstić information content (AvgIpc) is 2.46. The van der Waals surface area contributed by atoms with Gasteiger partial charge in [-0.25, -0.2) is 4.79 Å². The minimum atomic E-state index is -2.04. The van der Waals surface area contributed by atoms with Gasteiger partial charge in [-0.2, -0.15) is 0 Å². The van der Waals surface area contributed by atoms with Gasteiger partial charge < -0.3 is 13.9 Å². The van der Waals surface area contributed by atoms with Crippen molar-refractivity contribution in [3.05, 3.63) is 36.4 Å². The van der Waals surface area contributed by atoms with Crippen LogP contribution in [-0.2, 0) is 4.74 Å². The molecule has 0 aromatic heterocycles. The van der Waals surface area contributed by atoms with Crippen molar-refractivity contribution in [3.8, 4) is 11.5 Å². The number of esters is 1. The fraction of sp³-hybridized carbons (Fsp3) is 0.500. The molecule has 0 heterocycles. The van der Waals surface area contributed by atoms with E-state index in [1.54, 1.807) is 18.2 Å². The van der Waals surface area contributed by atoms with Crippen LogP contribution in [0.1, 0.15) is 37.6 Å². The molecule has 0 N–H and O–H groups in total. The normalized spacial score (nSPS) is 11.7. The number of hydrogen-bond acceptors (Lipinski definition) is 4. The van der Waals surface area contributed by atoms with Gasteiger partial charge in [0, 0.05) is 0 Å². The molecule has 4 nitrogen and oxygen atoms in total. The highest BCUT2D eigenvalue weighted by atomic mass is 28.4. The van der Waals surface area contributed by atoms with Gasteiger partial charge in [0.15, 0.2) is 5.75 Å². The molecule has 0 bridgehead atoms. The first kappa shape index (κ1) is 19.3. The van der Waals surface area contributed by atoms with E-state index in [0.29, 0.717) is 30.1 Å². The maximum Gasteiger partial charge on any atom is 0.341 e. The lowest BCUT2D eigenvalue weighted by atomic mass is 10.2. The van der Waals surface area contributed by atoms with Crippen molar-refractivity contribution in [2.75, 3.05) is 13.7 Å². The molecule has 23 heavy (non-hydrogen) atoms. The molecule has 1 rings (SSSR count). The van der Waals surface area contributed by atoms with Crippen molar-refractivity contribution in [2.45, 2.75) is 45.3 Å². The molecule has 0 radical (unpaired) electrons. The summed E-state index contributed by atoms with van der Waals surface area (Å²) in [5, 5.41) is 0.0483. The summed E-state index contributed by atoms with van der Waals surface area (Å²) < 4.78 is 17.0. The van der Waals surface area contributed by atoms with E-state index in [1.807, 2.05) is 6.07 Å². The van der Waals surface area contributed by atoms with Gasteiger partial charge in [-0.1, -0.05) is 32.9 Å². The molecule has 0 saturated carbocycles. The number of benzene rings is 1. The molecule has 128 valence electrons. The molecule has 0 aliphatic rings. The fourth-order valence-electron chi connectivity index (χ4n) is 1.69. The summed E-state index contributed by atoms with van der Waals surface area (Å²) in [7, 11) is -0.686. The van der Waals surface area contributed by atoms with Crippen LogP contribution in [-0.4, -0.2) is 28.0 Å². The first-order chi connectivity index (χ1) is 10.6. The quantitative estimate of drug-likeness (QED) is 0.310. The average molecular weight is 337 g/mol. The van der Waals surface area contributed by atoms with Gasteiger partial charge in [0.05, 0.1) is 13.7 Å². The number of para-hydroxylation sites is 1. The van der Waals surface area contributed by atoms with Crippen molar-refractivity contribution < 1.29 is 18.7 Å². The second kappa shape index (κ2) is 7.68. The molecule has 0 fully saturated rings. The minimum Gasteiger partial charge on any atom is -0.541 e. The zero-order valence-electron chi connectivity index (χ0n) is 15.1. The molecule has 0 amide bonds. The molecule has 5 heteroatoms. The van der Waals surface area contributed by atoms with Crippen molar-refractivity contribution in [1.29, 1.82) is 0 Å². The van der Waals surface area contributed by atoms with Gasteiger partial charge >= 0.3 is 5.97 Å². The molecule has 1 aromatic carbocycles. The lowest BCUT2D eigenvalue weighted by Crippen LogP contribution is -2.44. The summed E-state index contributed by atoms with van der Waals surface area (Å²) in [5.41, 5.74) is 0.382. The maximum absolute atomic E-state index is 12.0. The Morgan fingerprint density at radius 1 is 1.30 bits per heavy atom. The molecule has 0 aliphatic carbocycles. The van der Waals surface area contributed by atoms with Crippen LogP contribution >= 0.6 is 0 Å². The van der Waals surface area contributed by atoms with E-state index in [9.17, 15) is 4.79 Å². The molecule has 1 aromatic rings. The third-order valence-electron chi connectivity index (χ3n) is 4.12. The van der Waals surface area contributed by atoms with Crippen molar-refractivity contribution >= 4 is 14.3 Å². The highest BCUT2D eigenvalue weighted by molar-refractivity contribution is 6.74. The minimum absolute atomic E-state index is 0.0483. The van der Waals surface area contributed by atoms with Crippen LogP contribution in [0.5, 0.6) is 11.5 Å². The van der Waals surface area contributed by atoms with Crippen molar-refractivity contribution in [1.82, 2.24) is 0 Å². The number of carbonyl (C=O) groups is 1. The van der Waals surface area contributed by atoms with Crippen LogP contribution in [0.15, 0.2) is 30.9 Å². The van der Waals surface area contributed by atoms with Gasteiger partial charge in [-0.3, -0.25) is 0 Å². The van der Waals surface area contributed by atoms with E-state index >= 15 is 0 Å². The Kier molecular flexibility index (Phi) is 6.44. The van der Waals surface area contributed by atoms with Gasteiger partial charge in [-0.15, -0.1) is 6.58 Å². The van der Waals surface area contributed by atoms with Crippen molar-refractivity contribution in [3.63, 3.8) is 0 Å². The van der Waals surface area contributed by atoms with Crippen LogP contribution in [0.25, 0.3) is 0 Å². The Balaban J connectivity index is 3.24. The second-order valence-electron chi connectivity index (χ2n) is 6.91. The Labute approximate surface area is 140 Å². The summed E-state index contributed by atoms with van der Waals surface area (Å²) in [4.78, 5) is 12.0. The molecule has 0 unspecified atom stereocenters. The summed E-state index contributed by atoms with van der Waals surface area (Å²) >= 11 is 0. The Hall–Kier alpha value is -1.75. The van der Waals surface area contributed by atoms with Crippen LogP contribution in [0, 0.1) is 0 Å². The molecular weight excluding hydrogens is 308 g/mol. The fourth-order valence-corrected chi connectivity index (χ4v) is 2.70. The molecule has 0 atom stereocenters. The third-order valence-corrected chi connectivity index (χ3v) is 8.47. The summed E-state index contributed by atoms with van der Waals surface area (Å²) in [6.07, 6.45) is 2.46. The predicted octanol–water partition coefficient (Wildman–Crippen LogP) is 4.81. The Morgan fingerprint density at radius 3 is 2.48 bits per heavy atom. The largest absolute Gasteiger partial charge is 0.541 e. The lowest BCUT2D eigenvalue weighted by molar-refractivity contribution is 0.0595. The smallest absolute Gasteiger partial charge is 0.341 e. The van der Waals surface area contributed by atoms with E-state index in [2.05, 4.69) is 40.4 Å². The van der Waals surface area contributed by atoms with Crippen LogP contribution < -0.4 is 9.16 Å². The Bertz CT molecular complexity index is 559. The Morgan fingerprint density at radius 2 is 1.96 bits per heavy atom. The zero-order chi connectivity index (χ0) is 17.7. The van der Waals surface area contributed by atoms with E-state index < -0.39 is 14.3 Å². The van der Waals surface area contributed by atoms with Crippen LogP contribution in [0.4, 0.5) is 0 Å². The zero-order valence-corrected chi connectivity index (χ0v) is 16.1. The van der Waals surface area contributed by atoms with Gasteiger partial charge in [0.1, 0.15) is 11.3 Å². The van der Waals surface area contributed by atoms with Crippen LogP contribution in [0.3, 0.4) is 0 Å². The monoisotopic (exact) mass is 336 g/mol. The van der Waals surface area contributed by atoms with Gasteiger partial charge in [0.25, 0.3) is 8.32 Å². The maximum atomic E-state index is 12.0. The number of methoxy groups -OCH3 is 1. The first-order valence-corrected chi connectivity index (χ1v) is 10.7. The number of hydrogen-bond donors (Lipinski definition) is 0. The summed E-state index contributed by atoms with van der Waals surface area (Å²) in [5.74, 6) is 0.619. The highest BCUT2D eigenvalue weighted by Gasteiger charge is 2.39. The number of ether oxygens (including phenoxy) is 2. The topological polar surface area (TPSA) is 44.8 Å². The summed E-state index contributed by atoms with van der Waals surface area (Å²) in [6.45, 7) is 14.9. The summed E-state index contributed by atoms with van der Waals surface area (Å²) in [6, 6.07) is 5.32. The van der Waals surface area contributed by atoms with Crippen molar-refractivity contribution in [2.24, 2.45) is 0 Å². The molecular formula is C18H28O4Si. The van der Waals surface area contributed by atoms with E-state index in [4.69, 9.17) is 13.9 Å². The predicted molar refractivity (Wildman–Crippen MR) is 95.9 cm³/mol. The number of rotatable bonds is 7.